The molecule has 0 aliphatic heterocycles. The number of rotatable bonds is 9. The van der Waals surface area contributed by atoms with Gasteiger partial charge in [0.25, 0.3) is 5.91 Å². The van der Waals surface area contributed by atoms with Gasteiger partial charge >= 0.3 is 0 Å². The Morgan fingerprint density at radius 3 is 2.59 bits per heavy atom. The van der Waals surface area contributed by atoms with Gasteiger partial charge < -0.3 is 19.7 Å². The Morgan fingerprint density at radius 1 is 1.14 bits per heavy atom. The van der Waals surface area contributed by atoms with Crippen molar-refractivity contribution in [2.75, 3.05) is 20.3 Å². The van der Waals surface area contributed by atoms with Gasteiger partial charge in [0.15, 0.2) is 6.61 Å². The molecule has 0 bridgehead atoms. The Balaban J connectivity index is 2.19. The third kappa shape index (κ3) is 6.24. The highest BCUT2D eigenvalue weighted by atomic mass is 16.5. The lowest BCUT2D eigenvalue weighted by atomic mass is 10.1. The number of methoxy groups -OCH3 is 1. The van der Waals surface area contributed by atoms with Crippen molar-refractivity contribution in [3.63, 3.8) is 0 Å². The highest BCUT2D eigenvalue weighted by Gasteiger charge is 2.26. The van der Waals surface area contributed by atoms with E-state index in [0.29, 0.717) is 18.0 Å². The molecule has 0 aliphatic carbocycles. The molecule has 2 amide bonds. The topological polar surface area (TPSA) is 67.9 Å². The van der Waals surface area contributed by atoms with Crippen molar-refractivity contribution in [2.24, 2.45) is 0 Å². The molecule has 6 nitrogen and oxygen atoms in total. The van der Waals surface area contributed by atoms with Crippen LogP contribution in [0.5, 0.6) is 11.5 Å². The molecule has 2 rings (SSSR count). The second kappa shape index (κ2) is 10.5. The number of amides is 2. The first kappa shape index (κ1) is 22.3. The van der Waals surface area contributed by atoms with E-state index in [4.69, 9.17) is 9.47 Å². The molecule has 0 fully saturated rings. The summed E-state index contributed by atoms with van der Waals surface area (Å²) in [6, 6.07) is 12.7. The summed E-state index contributed by atoms with van der Waals surface area (Å²) in [5.41, 5.74) is 2.89. The van der Waals surface area contributed by atoms with Crippen LogP contribution in [0.15, 0.2) is 42.5 Å². The summed E-state index contributed by atoms with van der Waals surface area (Å²) in [6.07, 6.45) is 0. The number of carbonyl (C=O) groups excluding carboxylic acids is 2. The third-order valence-corrected chi connectivity index (χ3v) is 4.70. The SMILES string of the molecule is CCNC(=O)[C@H](C)N(Cc1cccc(OC)c1)C(=O)COc1cc(C)ccc1C. The quantitative estimate of drug-likeness (QED) is 0.704. The molecule has 0 aliphatic rings. The third-order valence-electron chi connectivity index (χ3n) is 4.70. The van der Waals surface area contributed by atoms with Gasteiger partial charge in [0.2, 0.25) is 5.91 Å². The molecule has 0 spiro atoms. The predicted molar refractivity (Wildman–Crippen MR) is 113 cm³/mol. The lowest BCUT2D eigenvalue weighted by Crippen LogP contribution is -2.49. The normalized spacial score (nSPS) is 11.5. The smallest absolute Gasteiger partial charge is 0.261 e. The van der Waals surface area contributed by atoms with Gasteiger partial charge in [0, 0.05) is 13.1 Å². The number of hydrogen-bond donors (Lipinski definition) is 1. The molecule has 0 saturated carbocycles. The second-order valence-electron chi connectivity index (χ2n) is 7.00. The number of nitrogens with zero attached hydrogens (tertiary/aromatic N) is 1. The molecule has 0 unspecified atom stereocenters. The first-order valence-electron chi connectivity index (χ1n) is 9.75. The minimum Gasteiger partial charge on any atom is -0.497 e. The van der Waals surface area contributed by atoms with E-state index in [1.807, 2.05) is 63.2 Å². The van der Waals surface area contributed by atoms with Gasteiger partial charge in [-0.2, -0.15) is 0 Å². The van der Waals surface area contributed by atoms with Crippen LogP contribution in [-0.4, -0.2) is 43.0 Å². The van der Waals surface area contributed by atoms with E-state index in [1.165, 1.54) is 4.90 Å². The van der Waals surface area contributed by atoms with Crippen molar-refractivity contribution >= 4 is 11.8 Å². The molecule has 0 aromatic heterocycles. The van der Waals surface area contributed by atoms with Crippen LogP contribution in [-0.2, 0) is 16.1 Å². The summed E-state index contributed by atoms with van der Waals surface area (Å²) in [7, 11) is 1.59. The largest absolute Gasteiger partial charge is 0.497 e. The van der Waals surface area contributed by atoms with Gasteiger partial charge in [0.05, 0.1) is 7.11 Å². The Labute approximate surface area is 172 Å². The van der Waals surface area contributed by atoms with Crippen LogP contribution in [0.1, 0.15) is 30.5 Å². The molecule has 2 aromatic carbocycles. The number of aryl methyl sites for hydroxylation is 2. The Bertz CT molecular complexity index is 851. The van der Waals surface area contributed by atoms with E-state index in [9.17, 15) is 9.59 Å². The highest BCUT2D eigenvalue weighted by molar-refractivity contribution is 5.87. The molecular formula is C23H30N2O4. The maximum Gasteiger partial charge on any atom is 0.261 e. The van der Waals surface area contributed by atoms with Gasteiger partial charge in [-0.1, -0.05) is 24.3 Å². The number of hydrogen-bond acceptors (Lipinski definition) is 4. The molecular weight excluding hydrogens is 368 g/mol. The molecule has 1 atom stereocenters. The molecule has 6 heteroatoms. The zero-order valence-electron chi connectivity index (χ0n) is 17.8. The van der Waals surface area contributed by atoms with Crippen LogP contribution in [0.2, 0.25) is 0 Å². The predicted octanol–water partition coefficient (Wildman–Crippen LogP) is 3.24. The van der Waals surface area contributed by atoms with E-state index >= 15 is 0 Å². The van der Waals surface area contributed by atoms with Crippen LogP contribution >= 0.6 is 0 Å². The van der Waals surface area contributed by atoms with E-state index < -0.39 is 6.04 Å². The summed E-state index contributed by atoms with van der Waals surface area (Å²) in [5, 5.41) is 2.78. The maximum absolute atomic E-state index is 13.0. The van der Waals surface area contributed by atoms with Crippen LogP contribution in [0.4, 0.5) is 0 Å². The fourth-order valence-corrected chi connectivity index (χ4v) is 2.96. The van der Waals surface area contributed by atoms with Crippen molar-refractivity contribution in [3.8, 4) is 11.5 Å². The van der Waals surface area contributed by atoms with E-state index in [2.05, 4.69) is 5.32 Å². The first-order chi connectivity index (χ1) is 13.8. The summed E-state index contributed by atoms with van der Waals surface area (Å²) in [6.45, 7) is 8.13. The lowest BCUT2D eigenvalue weighted by Gasteiger charge is -2.29. The van der Waals surface area contributed by atoms with Crippen molar-refractivity contribution in [1.82, 2.24) is 10.2 Å². The van der Waals surface area contributed by atoms with Gasteiger partial charge in [-0.15, -0.1) is 0 Å². The minimum atomic E-state index is -0.629. The maximum atomic E-state index is 13.0. The van der Waals surface area contributed by atoms with Crippen LogP contribution < -0.4 is 14.8 Å². The summed E-state index contributed by atoms with van der Waals surface area (Å²) in [4.78, 5) is 26.9. The van der Waals surface area contributed by atoms with Gasteiger partial charge in [0.1, 0.15) is 17.5 Å². The van der Waals surface area contributed by atoms with Crippen LogP contribution in [0.3, 0.4) is 0 Å². The van der Waals surface area contributed by atoms with E-state index in [-0.39, 0.29) is 25.0 Å². The van der Waals surface area contributed by atoms with E-state index in [0.717, 1.165) is 16.7 Å². The number of likely N-dealkylation sites (N-methyl/N-ethyl adjacent to an activating group) is 1. The molecule has 0 radical (unpaired) electrons. The minimum absolute atomic E-state index is 0.141. The second-order valence-corrected chi connectivity index (χ2v) is 7.00. The molecule has 2 aromatic rings. The van der Waals surface area contributed by atoms with Crippen molar-refractivity contribution in [3.05, 3.63) is 59.2 Å². The summed E-state index contributed by atoms with van der Waals surface area (Å²) < 4.78 is 11.1. The van der Waals surface area contributed by atoms with Gasteiger partial charge in [-0.25, -0.2) is 0 Å². The Kier molecular flexibility index (Phi) is 8.07. The number of benzene rings is 2. The zero-order valence-corrected chi connectivity index (χ0v) is 17.8. The van der Waals surface area contributed by atoms with E-state index in [1.54, 1.807) is 14.0 Å². The Hall–Kier alpha value is -3.02. The number of carbonyl (C=O) groups is 2. The van der Waals surface area contributed by atoms with Gasteiger partial charge in [-0.3, -0.25) is 9.59 Å². The van der Waals surface area contributed by atoms with Crippen LogP contribution in [0, 0.1) is 13.8 Å². The fraction of sp³-hybridized carbons (Fsp3) is 0.391. The highest BCUT2D eigenvalue weighted by Crippen LogP contribution is 2.20. The molecule has 156 valence electrons. The van der Waals surface area contributed by atoms with Crippen LogP contribution in [0.25, 0.3) is 0 Å². The summed E-state index contributed by atoms with van der Waals surface area (Å²) >= 11 is 0. The molecule has 1 N–H and O–H groups in total. The molecule has 0 heterocycles. The standard InChI is InChI=1S/C23H30N2O4/c1-6-24-23(27)18(4)25(14-19-8-7-9-20(13-19)28-5)22(26)15-29-21-12-16(2)10-11-17(21)3/h7-13,18H,6,14-15H2,1-5H3,(H,24,27)/t18-/m0/s1. The number of nitrogens with one attached hydrogen (secondary N) is 1. The molecule has 0 saturated heterocycles. The van der Waals surface area contributed by atoms with Crippen molar-refractivity contribution in [2.45, 2.75) is 40.3 Å². The molecule has 29 heavy (non-hydrogen) atoms. The number of ether oxygens (including phenoxy) is 2. The van der Waals surface area contributed by atoms with Crippen molar-refractivity contribution in [1.29, 1.82) is 0 Å². The average Bonchev–Trinajstić information content (AvgIpc) is 2.72. The monoisotopic (exact) mass is 398 g/mol. The average molecular weight is 399 g/mol. The Morgan fingerprint density at radius 2 is 1.90 bits per heavy atom. The van der Waals surface area contributed by atoms with Gasteiger partial charge in [-0.05, 0) is 62.6 Å². The van der Waals surface area contributed by atoms with Crippen molar-refractivity contribution < 1.29 is 19.1 Å². The first-order valence-corrected chi connectivity index (χ1v) is 9.75. The summed E-state index contributed by atoms with van der Waals surface area (Å²) in [5.74, 6) is 0.917. The fourth-order valence-electron chi connectivity index (χ4n) is 2.96. The zero-order chi connectivity index (χ0) is 21.4. The lowest BCUT2D eigenvalue weighted by molar-refractivity contribution is -0.142.